The van der Waals surface area contributed by atoms with Gasteiger partial charge in [0.25, 0.3) is 0 Å². The number of rotatable bonds is 4. The normalized spacial score (nSPS) is 10.2. The van der Waals surface area contributed by atoms with Crippen LogP contribution in [0.1, 0.15) is 11.1 Å². The van der Waals surface area contributed by atoms with Crippen molar-refractivity contribution in [3.8, 4) is 5.75 Å². The van der Waals surface area contributed by atoms with E-state index in [-0.39, 0.29) is 0 Å². The molecule has 0 N–H and O–H groups in total. The Hall–Kier alpha value is -0.990. The Morgan fingerprint density at radius 3 is 2.41 bits per heavy atom. The van der Waals surface area contributed by atoms with Crippen molar-refractivity contribution in [1.29, 1.82) is 0 Å². The van der Waals surface area contributed by atoms with Crippen LogP contribution in [0, 0.1) is 0 Å². The second-order valence-corrected chi connectivity index (χ2v) is 4.84. The van der Waals surface area contributed by atoms with E-state index in [1.807, 2.05) is 48.5 Å². The van der Waals surface area contributed by atoms with E-state index >= 15 is 0 Å². The van der Waals surface area contributed by atoms with Gasteiger partial charge in [-0.25, -0.2) is 0 Å². The van der Waals surface area contributed by atoms with E-state index < -0.39 is 0 Å². The van der Waals surface area contributed by atoms with Crippen LogP contribution < -0.4 is 4.74 Å². The zero-order chi connectivity index (χ0) is 12.1. The van der Waals surface area contributed by atoms with Gasteiger partial charge in [-0.2, -0.15) is 0 Å². The third kappa shape index (κ3) is 3.48. The molecular weight excluding hydrogens is 300 g/mol. The van der Waals surface area contributed by atoms with Gasteiger partial charge in [-0.1, -0.05) is 46.3 Å². The first-order valence-corrected chi connectivity index (χ1v) is 6.63. The second kappa shape index (κ2) is 6.08. The first kappa shape index (κ1) is 12.5. The first-order valence-electron chi connectivity index (χ1n) is 5.30. The molecule has 2 rings (SSSR count). The summed E-state index contributed by atoms with van der Waals surface area (Å²) in [5.41, 5.74) is 2.16. The average Bonchev–Trinajstić information content (AvgIpc) is 2.38. The number of alkyl halides is 1. The van der Waals surface area contributed by atoms with Crippen LogP contribution in [0.15, 0.2) is 53.0 Å². The quantitative estimate of drug-likeness (QED) is 0.739. The Kier molecular flexibility index (Phi) is 4.46. The van der Waals surface area contributed by atoms with Crippen LogP contribution in [0.5, 0.6) is 5.75 Å². The fraction of sp³-hybridized carbons (Fsp3) is 0.143. The minimum atomic E-state index is 0.469. The maximum atomic E-state index is 5.85. The molecule has 0 saturated heterocycles. The smallest absolute Gasteiger partial charge is 0.124 e. The highest BCUT2D eigenvalue weighted by Crippen LogP contribution is 2.21. The van der Waals surface area contributed by atoms with Gasteiger partial charge in [-0.3, -0.25) is 0 Å². The zero-order valence-electron chi connectivity index (χ0n) is 9.20. The first-order chi connectivity index (χ1) is 8.29. The molecule has 0 amide bonds. The lowest BCUT2D eigenvalue weighted by Gasteiger charge is -2.09. The van der Waals surface area contributed by atoms with Crippen LogP contribution in [-0.4, -0.2) is 0 Å². The molecule has 1 nitrogen and oxygen atoms in total. The number of ether oxygens (including phenoxy) is 1. The fourth-order valence-corrected chi connectivity index (χ4v) is 1.98. The van der Waals surface area contributed by atoms with Gasteiger partial charge in [0.2, 0.25) is 0 Å². The number of hydrogen-bond acceptors (Lipinski definition) is 1. The summed E-state index contributed by atoms with van der Waals surface area (Å²) in [6.45, 7) is 0.557. The van der Waals surface area contributed by atoms with Crippen LogP contribution in [0.25, 0.3) is 0 Å². The van der Waals surface area contributed by atoms with Gasteiger partial charge in [0.1, 0.15) is 12.4 Å². The van der Waals surface area contributed by atoms with E-state index in [9.17, 15) is 0 Å². The summed E-state index contributed by atoms with van der Waals surface area (Å²) in [5.74, 6) is 1.32. The van der Waals surface area contributed by atoms with E-state index in [2.05, 4.69) is 15.9 Å². The maximum Gasteiger partial charge on any atom is 0.124 e. The fourth-order valence-electron chi connectivity index (χ4n) is 1.50. The highest BCUT2D eigenvalue weighted by atomic mass is 79.9. The van der Waals surface area contributed by atoms with Gasteiger partial charge in [0.15, 0.2) is 0 Å². The van der Waals surface area contributed by atoms with Crippen molar-refractivity contribution in [1.82, 2.24) is 0 Å². The Morgan fingerprint density at radius 1 is 1.00 bits per heavy atom. The van der Waals surface area contributed by atoms with Gasteiger partial charge in [-0.15, -0.1) is 11.6 Å². The monoisotopic (exact) mass is 310 g/mol. The highest BCUT2D eigenvalue weighted by Gasteiger charge is 2.01. The molecule has 0 aromatic heterocycles. The Balaban J connectivity index is 2.04. The van der Waals surface area contributed by atoms with Crippen molar-refractivity contribution < 1.29 is 4.74 Å². The van der Waals surface area contributed by atoms with Crippen LogP contribution in [0.4, 0.5) is 0 Å². The van der Waals surface area contributed by atoms with Gasteiger partial charge in [0.05, 0.1) is 5.88 Å². The zero-order valence-corrected chi connectivity index (χ0v) is 11.5. The lowest BCUT2D eigenvalue weighted by Crippen LogP contribution is -1.97. The summed E-state index contributed by atoms with van der Waals surface area (Å²) < 4.78 is 6.83. The third-order valence-electron chi connectivity index (χ3n) is 2.42. The predicted molar refractivity (Wildman–Crippen MR) is 74.5 cm³/mol. The van der Waals surface area contributed by atoms with Crippen molar-refractivity contribution in [2.75, 3.05) is 0 Å². The molecule has 2 aromatic carbocycles. The molecule has 88 valence electrons. The second-order valence-electron chi connectivity index (χ2n) is 3.66. The molecule has 0 radical (unpaired) electrons. The molecule has 2 aromatic rings. The van der Waals surface area contributed by atoms with Crippen LogP contribution in [0.3, 0.4) is 0 Å². The molecule has 0 saturated carbocycles. The maximum absolute atomic E-state index is 5.85. The molecule has 0 aliphatic rings. The standard InChI is InChI=1S/C14H12BrClO/c15-13-7-5-11(6-8-13)10-17-14-4-2-1-3-12(14)9-16/h1-8H,9-10H2. The van der Waals surface area contributed by atoms with Crippen LogP contribution >= 0.6 is 27.5 Å². The number of halogens is 2. The Labute approximate surface area is 115 Å². The summed E-state index contributed by atoms with van der Waals surface area (Å²) in [6.07, 6.45) is 0. The third-order valence-corrected chi connectivity index (χ3v) is 3.24. The molecule has 0 fully saturated rings. The summed E-state index contributed by atoms with van der Waals surface area (Å²) in [7, 11) is 0. The lowest BCUT2D eigenvalue weighted by molar-refractivity contribution is 0.304. The summed E-state index contributed by atoms with van der Waals surface area (Å²) >= 11 is 9.25. The molecule has 0 bridgehead atoms. The van der Waals surface area contributed by atoms with Gasteiger partial charge in [-0.05, 0) is 23.8 Å². The van der Waals surface area contributed by atoms with Crippen LogP contribution in [0.2, 0.25) is 0 Å². The molecule has 0 aliphatic carbocycles. The molecule has 3 heteroatoms. The van der Waals surface area contributed by atoms with Crippen molar-refractivity contribution in [3.05, 3.63) is 64.1 Å². The van der Waals surface area contributed by atoms with E-state index in [4.69, 9.17) is 16.3 Å². The van der Waals surface area contributed by atoms with Gasteiger partial charge >= 0.3 is 0 Å². The van der Waals surface area contributed by atoms with Crippen molar-refractivity contribution in [2.45, 2.75) is 12.5 Å². The van der Waals surface area contributed by atoms with E-state index in [1.54, 1.807) is 0 Å². The molecule has 0 heterocycles. The molecule has 0 aliphatic heterocycles. The van der Waals surface area contributed by atoms with Crippen molar-refractivity contribution >= 4 is 27.5 Å². The largest absolute Gasteiger partial charge is 0.489 e. The molecular formula is C14H12BrClO. The molecule has 17 heavy (non-hydrogen) atoms. The summed E-state index contributed by atoms with van der Waals surface area (Å²) in [6, 6.07) is 15.9. The molecule has 0 atom stereocenters. The highest BCUT2D eigenvalue weighted by molar-refractivity contribution is 9.10. The van der Waals surface area contributed by atoms with E-state index in [0.29, 0.717) is 12.5 Å². The minimum absolute atomic E-state index is 0.469. The lowest BCUT2D eigenvalue weighted by atomic mass is 10.2. The van der Waals surface area contributed by atoms with E-state index in [0.717, 1.165) is 21.3 Å². The average molecular weight is 312 g/mol. The summed E-state index contributed by atoms with van der Waals surface area (Å²) in [5, 5.41) is 0. The van der Waals surface area contributed by atoms with Crippen molar-refractivity contribution in [2.24, 2.45) is 0 Å². The van der Waals surface area contributed by atoms with Crippen molar-refractivity contribution in [3.63, 3.8) is 0 Å². The van der Waals surface area contributed by atoms with Gasteiger partial charge < -0.3 is 4.74 Å². The topological polar surface area (TPSA) is 9.23 Å². The molecule has 0 spiro atoms. The number of hydrogen-bond donors (Lipinski definition) is 0. The van der Waals surface area contributed by atoms with Crippen LogP contribution in [-0.2, 0) is 12.5 Å². The minimum Gasteiger partial charge on any atom is -0.489 e. The number of para-hydroxylation sites is 1. The summed E-state index contributed by atoms with van der Waals surface area (Å²) in [4.78, 5) is 0. The van der Waals surface area contributed by atoms with Gasteiger partial charge in [0, 0.05) is 10.0 Å². The number of benzene rings is 2. The molecule has 0 unspecified atom stereocenters. The SMILES string of the molecule is ClCc1ccccc1OCc1ccc(Br)cc1. The Morgan fingerprint density at radius 2 is 1.71 bits per heavy atom. The Bertz CT molecular complexity index is 482. The van der Waals surface area contributed by atoms with E-state index in [1.165, 1.54) is 0 Å². The predicted octanol–water partition coefficient (Wildman–Crippen LogP) is 4.77.